The van der Waals surface area contributed by atoms with Crippen molar-refractivity contribution < 1.29 is 17.6 Å². The van der Waals surface area contributed by atoms with Crippen LogP contribution < -0.4 is 10.0 Å². The van der Waals surface area contributed by atoms with Crippen molar-refractivity contribution in [2.24, 2.45) is 0 Å². The molecule has 3 rings (SSSR count). The maximum Gasteiger partial charge on any atom is 0.242 e. The van der Waals surface area contributed by atoms with Gasteiger partial charge in [-0.05, 0) is 48.4 Å². The summed E-state index contributed by atoms with van der Waals surface area (Å²) in [4.78, 5) is 12.9. The molecule has 1 atom stereocenters. The molecule has 0 bridgehead atoms. The van der Waals surface area contributed by atoms with Gasteiger partial charge in [0.1, 0.15) is 11.9 Å². The lowest BCUT2D eigenvalue weighted by molar-refractivity contribution is -0.117. The van der Waals surface area contributed by atoms with Gasteiger partial charge < -0.3 is 5.32 Å². The Morgan fingerprint density at radius 2 is 1.43 bits per heavy atom. The second-order valence-electron chi connectivity index (χ2n) is 6.17. The molecule has 0 fully saturated rings. The standard InChI is InChI=1S/C21H19FN2O3S/c22-17-11-13-18(14-12-17)23-21(25)20(15-16-7-3-1-4-8-16)24-28(26,27)19-9-5-2-6-10-19/h1-14,20,24H,15H2,(H,23,25). The van der Waals surface area contributed by atoms with Crippen molar-refractivity contribution in [1.29, 1.82) is 0 Å². The Balaban J connectivity index is 1.84. The zero-order valence-electron chi connectivity index (χ0n) is 14.9. The average Bonchev–Trinajstić information content (AvgIpc) is 2.70. The van der Waals surface area contributed by atoms with E-state index in [1.807, 2.05) is 30.3 Å². The third-order valence-electron chi connectivity index (χ3n) is 4.06. The first-order valence-electron chi connectivity index (χ1n) is 8.62. The summed E-state index contributed by atoms with van der Waals surface area (Å²) in [6.07, 6.45) is 0.167. The maximum absolute atomic E-state index is 13.1. The molecule has 0 aliphatic heterocycles. The molecule has 0 spiro atoms. The Morgan fingerprint density at radius 3 is 2.04 bits per heavy atom. The van der Waals surface area contributed by atoms with Gasteiger partial charge >= 0.3 is 0 Å². The van der Waals surface area contributed by atoms with E-state index in [4.69, 9.17) is 0 Å². The topological polar surface area (TPSA) is 75.3 Å². The van der Waals surface area contributed by atoms with Crippen LogP contribution in [0.1, 0.15) is 5.56 Å². The van der Waals surface area contributed by atoms with Gasteiger partial charge in [0.15, 0.2) is 0 Å². The first-order valence-corrected chi connectivity index (χ1v) is 10.1. The summed E-state index contributed by atoms with van der Waals surface area (Å²) < 4.78 is 40.9. The number of carbonyl (C=O) groups excluding carboxylic acids is 1. The molecule has 0 aliphatic rings. The smallest absolute Gasteiger partial charge is 0.242 e. The van der Waals surface area contributed by atoms with Crippen LogP contribution in [0.4, 0.5) is 10.1 Å². The number of nitrogens with one attached hydrogen (secondary N) is 2. The average molecular weight is 398 g/mol. The lowest BCUT2D eigenvalue weighted by atomic mass is 10.1. The molecule has 3 aromatic rings. The van der Waals surface area contributed by atoms with Gasteiger partial charge in [-0.2, -0.15) is 4.72 Å². The third kappa shape index (κ3) is 5.25. The van der Waals surface area contributed by atoms with Crippen molar-refractivity contribution in [2.45, 2.75) is 17.4 Å². The van der Waals surface area contributed by atoms with Crippen LogP contribution in [0.5, 0.6) is 0 Å². The van der Waals surface area contributed by atoms with Crippen LogP contribution in [-0.2, 0) is 21.2 Å². The van der Waals surface area contributed by atoms with Crippen molar-refractivity contribution in [3.05, 3.63) is 96.3 Å². The van der Waals surface area contributed by atoms with Gasteiger partial charge in [-0.1, -0.05) is 48.5 Å². The predicted molar refractivity (Wildman–Crippen MR) is 106 cm³/mol. The number of hydrogen-bond donors (Lipinski definition) is 2. The Kier molecular flexibility index (Phi) is 6.18. The fourth-order valence-electron chi connectivity index (χ4n) is 2.66. The molecule has 2 N–H and O–H groups in total. The highest BCUT2D eigenvalue weighted by Crippen LogP contribution is 2.13. The van der Waals surface area contributed by atoms with Crippen LogP contribution in [0.3, 0.4) is 0 Å². The lowest BCUT2D eigenvalue weighted by Gasteiger charge is -2.19. The van der Waals surface area contributed by atoms with Gasteiger partial charge in [0.05, 0.1) is 4.90 Å². The van der Waals surface area contributed by atoms with Gasteiger partial charge in [0.2, 0.25) is 15.9 Å². The summed E-state index contributed by atoms with van der Waals surface area (Å²) in [6.45, 7) is 0. The van der Waals surface area contributed by atoms with Crippen LogP contribution in [0.25, 0.3) is 0 Å². The zero-order chi connectivity index (χ0) is 20.0. The van der Waals surface area contributed by atoms with E-state index in [0.717, 1.165) is 5.56 Å². The zero-order valence-corrected chi connectivity index (χ0v) is 15.7. The van der Waals surface area contributed by atoms with E-state index in [0.29, 0.717) is 5.69 Å². The van der Waals surface area contributed by atoms with E-state index >= 15 is 0 Å². The molecule has 144 valence electrons. The van der Waals surface area contributed by atoms with Gasteiger partial charge in [-0.15, -0.1) is 0 Å². The van der Waals surface area contributed by atoms with Crippen LogP contribution in [0.15, 0.2) is 89.8 Å². The molecular formula is C21H19FN2O3S. The highest BCUT2D eigenvalue weighted by molar-refractivity contribution is 7.89. The lowest BCUT2D eigenvalue weighted by Crippen LogP contribution is -2.45. The fraction of sp³-hybridized carbons (Fsp3) is 0.0952. The highest BCUT2D eigenvalue weighted by Gasteiger charge is 2.26. The predicted octanol–water partition coefficient (Wildman–Crippen LogP) is 3.35. The molecule has 3 aromatic carbocycles. The number of hydrogen-bond acceptors (Lipinski definition) is 3. The molecule has 5 nitrogen and oxygen atoms in total. The third-order valence-corrected chi connectivity index (χ3v) is 5.55. The summed E-state index contributed by atoms with van der Waals surface area (Å²) in [7, 11) is -3.89. The van der Waals surface area contributed by atoms with Gasteiger partial charge in [0.25, 0.3) is 0 Å². The molecule has 7 heteroatoms. The van der Waals surface area contributed by atoms with Gasteiger partial charge in [0, 0.05) is 5.69 Å². The second kappa shape index (κ2) is 8.77. The number of rotatable bonds is 7. The highest BCUT2D eigenvalue weighted by atomic mass is 32.2. The monoisotopic (exact) mass is 398 g/mol. The molecular weight excluding hydrogens is 379 g/mol. The molecule has 1 unspecified atom stereocenters. The number of amides is 1. The van der Waals surface area contributed by atoms with Crippen molar-refractivity contribution >= 4 is 21.6 Å². The number of anilines is 1. The second-order valence-corrected chi connectivity index (χ2v) is 7.89. The summed E-state index contributed by atoms with van der Waals surface area (Å²) in [5.41, 5.74) is 1.18. The molecule has 0 aliphatic carbocycles. The first kappa shape index (κ1) is 19.7. The SMILES string of the molecule is O=C(Nc1ccc(F)cc1)C(Cc1ccccc1)NS(=O)(=O)c1ccccc1. The molecule has 1 amide bonds. The van der Waals surface area contributed by atoms with E-state index in [9.17, 15) is 17.6 Å². The molecule has 0 radical (unpaired) electrons. The fourth-order valence-corrected chi connectivity index (χ4v) is 3.87. The Hall–Kier alpha value is -3.03. The normalized spacial score (nSPS) is 12.3. The Morgan fingerprint density at radius 1 is 0.857 bits per heavy atom. The number of sulfonamides is 1. The quantitative estimate of drug-likeness (QED) is 0.641. The number of benzene rings is 3. The Labute approximate surface area is 163 Å². The van der Waals surface area contributed by atoms with E-state index in [2.05, 4.69) is 10.0 Å². The minimum absolute atomic E-state index is 0.0719. The largest absolute Gasteiger partial charge is 0.325 e. The molecule has 0 aromatic heterocycles. The van der Waals surface area contributed by atoms with Gasteiger partial charge in [-0.25, -0.2) is 12.8 Å². The van der Waals surface area contributed by atoms with Crippen LogP contribution in [0, 0.1) is 5.82 Å². The van der Waals surface area contributed by atoms with Crippen molar-refractivity contribution in [1.82, 2.24) is 4.72 Å². The summed E-state index contributed by atoms with van der Waals surface area (Å²) >= 11 is 0. The summed E-state index contributed by atoms with van der Waals surface area (Å²) in [5.74, 6) is -0.960. The number of halogens is 1. The minimum atomic E-state index is -3.89. The van der Waals surface area contributed by atoms with Crippen LogP contribution >= 0.6 is 0 Å². The molecule has 28 heavy (non-hydrogen) atoms. The van der Waals surface area contributed by atoms with Crippen molar-refractivity contribution in [2.75, 3.05) is 5.32 Å². The van der Waals surface area contributed by atoms with Crippen LogP contribution in [-0.4, -0.2) is 20.4 Å². The van der Waals surface area contributed by atoms with E-state index in [1.165, 1.54) is 36.4 Å². The first-order chi connectivity index (χ1) is 13.4. The summed E-state index contributed by atoms with van der Waals surface area (Å²) in [6, 6.07) is 21.2. The molecule has 0 saturated carbocycles. The van der Waals surface area contributed by atoms with Gasteiger partial charge in [-0.3, -0.25) is 4.79 Å². The molecule has 0 saturated heterocycles. The van der Waals surface area contributed by atoms with Crippen LogP contribution in [0.2, 0.25) is 0 Å². The maximum atomic E-state index is 13.1. The Bertz CT molecular complexity index is 1020. The van der Waals surface area contributed by atoms with E-state index in [-0.39, 0.29) is 11.3 Å². The van der Waals surface area contributed by atoms with E-state index in [1.54, 1.807) is 18.2 Å². The number of carbonyl (C=O) groups is 1. The van der Waals surface area contributed by atoms with Crippen molar-refractivity contribution in [3.63, 3.8) is 0 Å². The van der Waals surface area contributed by atoms with E-state index < -0.39 is 27.8 Å². The summed E-state index contributed by atoms with van der Waals surface area (Å²) in [5, 5.41) is 2.63. The minimum Gasteiger partial charge on any atom is -0.325 e. The van der Waals surface area contributed by atoms with Crippen molar-refractivity contribution in [3.8, 4) is 0 Å². The molecule has 0 heterocycles.